The molecule has 1 aromatic carbocycles. The molecule has 0 unspecified atom stereocenters. The van der Waals surface area contributed by atoms with Gasteiger partial charge in [0.1, 0.15) is 5.75 Å². The molecule has 0 fully saturated rings. The van der Waals surface area contributed by atoms with Crippen molar-refractivity contribution in [2.45, 2.75) is 30.6 Å². The SMILES string of the molecule is COc1ccc(S(=O)(=O)NCCCCCC(=O)O)cc1Cl. The minimum absolute atomic E-state index is 0.0684. The highest BCUT2D eigenvalue weighted by Gasteiger charge is 2.15. The molecule has 0 atom stereocenters. The van der Waals surface area contributed by atoms with Crippen LogP contribution >= 0.6 is 11.6 Å². The van der Waals surface area contributed by atoms with E-state index in [1.807, 2.05) is 0 Å². The molecule has 21 heavy (non-hydrogen) atoms. The first-order valence-electron chi connectivity index (χ1n) is 6.42. The van der Waals surface area contributed by atoms with Crippen molar-refractivity contribution in [3.63, 3.8) is 0 Å². The van der Waals surface area contributed by atoms with Crippen molar-refractivity contribution < 1.29 is 23.1 Å². The first-order valence-corrected chi connectivity index (χ1v) is 8.28. The molecule has 0 aliphatic carbocycles. The Bertz CT molecular complexity index is 588. The zero-order valence-electron chi connectivity index (χ0n) is 11.6. The quantitative estimate of drug-likeness (QED) is 0.675. The molecule has 118 valence electrons. The number of sulfonamides is 1. The summed E-state index contributed by atoms with van der Waals surface area (Å²) in [6, 6.07) is 4.23. The van der Waals surface area contributed by atoms with Crippen LogP contribution in [0.2, 0.25) is 5.02 Å². The van der Waals surface area contributed by atoms with E-state index in [2.05, 4.69) is 4.72 Å². The van der Waals surface area contributed by atoms with E-state index in [1.54, 1.807) is 0 Å². The standard InChI is InChI=1S/C13H18ClNO5S/c1-20-12-7-6-10(9-11(12)14)21(18,19)15-8-4-2-3-5-13(16)17/h6-7,9,15H,2-5,8H2,1H3,(H,16,17). The van der Waals surface area contributed by atoms with Crippen LogP contribution in [0.25, 0.3) is 0 Å². The van der Waals surface area contributed by atoms with Crippen LogP contribution in [-0.4, -0.2) is 33.1 Å². The van der Waals surface area contributed by atoms with Gasteiger partial charge < -0.3 is 9.84 Å². The van der Waals surface area contributed by atoms with Crippen molar-refractivity contribution in [2.75, 3.05) is 13.7 Å². The second-order valence-electron chi connectivity index (χ2n) is 4.40. The van der Waals surface area contributed by atoms with E-state index in [0.717, 1.165) is 0 Å². The lowest BCUT2D eigenvalue weighted by molar-refractivity contribution is -0.137. The summed E-state index contributed by atoms with van der Waals surface area (Å²) in [4.78, 5) is 10.4. The van der Waals surface area contributed by atoms with E-state index in [-0.39, 0.29) is 22.9 Å². The van der Waals surface area contributed by atoms with E-state index < -0.39 is 16.0 Å². The number of aliphatic carboxylic acids is 1. The van der Waals surface area contributed by atoms with Gasteiger partial charge in [0.2, 0.25) is 10.0 Å². The van der Waals surface area contributed by atoms with Crippen molar-refractivity contribution in [3.05, 3.63) is 23.2 Å². The fourth-order valence-electron chi connectivity index (χ4n) is 1.68. The number of halogens is 1. The molecule has 0 amide bonds. The molecule has 0 bridgehead atoms. The fraction of sp³-hybridized carbons (Fsp3) is 0.462. The van der Waals surface area contributed by atoms with Gasteiger partial charge in [-0.15, -0.1) is 0 Å². The number of benzene rings is 1. The Hall–Kier alpha value is -1.31. The molecule has 0 saturated carbocycles. The Labute approximate surface area is 129 Å². The largest absolute Gasteiger partial charge is 0.495 e. The summed E-state index contributed by atoms with van der Waals surface area (Å²) in [6.45, 7) is 0.256. The molecule has 2 N–H and O–H groups in total. The van der Waals surface area contributed by atoms with Gasteiger partial charge >= 0.3 is 5.97 Å². The van der Waals surface area contributed by atoms with Crippen molar-refractivity contribution in [3.8, 4) is 5.75 Å². The lowest BCUT2D eigenvalue weighted by Gasteiger charge is -2.08. The average Bonchev–Trinajstić information content (AvgIpc) is 2.42. The van der Waals surface area contributed by atoms with Gasteiger partial charge in [0.05, 0.1) is 17.0 Å². The lowest BCUT2D eigenvalue weighted by Crippen LogP contribution is -2.24. The van der Waals surface area contributed by atoms with Crippen LogP contribution in [0.3, 0.4) is 0 Å². The highest BCUT2D eigenvalue weighted by Crippen LogP contribution is 2.26. The van der Waals surface area contributed by atoms with Crippen LogP contribution in [0.5, 0.6) is 5.75 Å². The van der Waals surface area contributed by atoms with Crippen LogP contribution < -0.4 is 9.46 Å². The number of nitrogens with one attached hydrogen (secondary N) is 1. The van der Waals surface area contributed by atoms with Gasteiger partial charge in [0, 0.05) is 13.0 Å². The van der Waals surface area contributed by atoms with Crippen LogP contribution in [0.15, 0.2) is 23.1 Å². The number of carboxylic acid groups (broad SMARTS) is 1. The van der Waals surface area contributed by atoms with E-state index in [1.165, 1.54) is 25.3 Å². The maximum absolute atomic E-state index is 12.0. The third-order valence-corrected chi connectivity index (χ3v) is 4.55. The molecule has 1 aromatic rings. The first-order chi connectivity index (χ1) is 9.86. The van der Waals surface area contributed by atoms with Crippen molar-refractivity contribution in [2.24, 2.45) is 0 Å². The van der Waals surface area contributed by atoms with Crippen LogP contribution in [-0.2, 0) is 14.8 Å². The molecule has 0 spiro atoms. The zero-order valence-corrected chi connectivity index (χ0v) is 13.2. The minimum atomic E-state index is -3.62. The molecule has 0 heterocycles. The summed E-state index contributed by atoms with van der Waals surface area (Å²) in [5.41, 5.74) is 0. The van der Waals surface area contributed by atoms with E-state index in [4.69, 9.17) is 21.4 Å². The van der Waals surface area contributed by atoms with Gasteiger partial charge in [-0.05, 0) is 31.0 Å². The van der Waals surface area contributed by atoms with Gasteiger partial charge in [-0.2, -0.15) is 0 Å². The second-order valence-corrected chi connectivity index (χ2v) is 6.57. The summed E-state index contributed by atoms with van der Waals surface area (Å²) < 4.78 is 31.5. The topological polar surface area (TPSA) is 92.7 Å². The maximum Gasteiger partial charge on any atom is 0.303 e. The number of methoxy groups -OCH3 is 1. The number of carbonyl (C=O) groups is 1. The zero-order chi connectivity index (χ0) is 15.9. The van der Waals surface area contributed by atoms with Gasteiger partial charge in [-0.3, -0.25) is 4.79 Å². The number of rotatable bonds is 9. The van der Waals surface area contributed by atoms with Gasteiger partial charge in [-0.25, -0.2) is 13.1 Å². The lowest BCUT2D eigenvalue weighted by atomic mass is 10.2. The average molecular weight is 336 g/mol. The highest BCUT2D eigenvalue weighted by atomic mass is 35.5. The monoisotopic (exact) mass is 335 g/mol. The fourth-order valence-corrected chi connectivity index (χ4v) is 3.10. The predicted molar refractivity (Wildman–Crippen MR) is 79.3 cm³/mol. The summed E-state index contributed by atoms with van der Waals surface area (Å²) in [5.74, 6) is -0.437. The first kappa shape index (κ1) is 17.7. The maximum atomic E-state index is 12.0. The second kappa shape index (κ2) is 8.21. The van der Waals surface area contributed by atoms with Crippen LogP contribution in [0, 0.1) is 0 Å². The third kappa shape index (κ3) is 5.91. The van der Waals surface area contributed by atoms with Crippen LogP contribution in [0.1, 0.15) is 25.7 Å². The molecule has 1 rings (SSSR count). The molecular weight excluding hydrogens is 318 g/mol. The molecule has 0 aromatic heterocycles. The van der Waals surface area contributed by atoms with Crippen molar-refractivity contribution in [1.82, 2.24) is 4.72 Å². The Morgan fingerprint density at radius 3 is 2.62 bits per heavy atom. The number of hydrogen-bond acceptors (Lipinski definition) is 4. The number of carboxylic acids is 1. The predicted octanol–water partition coefficient (Wildman–Crippen LogP) is 2.27. The highest BCUT2D eigenvalue weighted by molar-refractivity contribution is 7.89. The number of ether oxygens (including phenoxy) is 1. The molecule has 0 saturated heterocycles. The normalized spacial score (nSPS) is 11.3. The Kier molecular flexibility index (Phi) is 6.94. The summed E-state index contributed by atoms with van der Waals surface area (Å²) in [6.07, 6.45) is 1.86. The number of hydrogen-bond donors (Lipinski definition) is 2. The Morgan fingerprint density at radius 1 is 1.33 bits per heavy atom. The number of unbranched alkanes of at least 4 members (excludes halogenated alkanes) is 2. The molecule has 0 aliphatic heterocycles. The molecule has 8 heteroatoms. The summed E-state index contributed by atoms with van der Waals surface area (Å²) in [7, 11) is -2.17. The minimum Gasteiger partial charge on any atom is -0.495 e. The third-order valence-electron chi connectivity index (χ3n) is 2.79. The van der Waals surface area contributed by atoms with Crippen molar-refractivity contribution >= 4 is 27.6 Å². The van der Waals surface area contributed by atoms with Gasteiger partial charge in [0.15, 0.2) is 0 Å². The Morgan fingerprint density at radius 2 is 2.05 bits per heavy atom. The summed E-state index contributed by atoms with van der Waals surface area (Å²) in [5, 5.41) is 8.71. The van der Waals surface area contributed by atoms with E-state index in [0.29, 0.717) is 25.0 Å². The molecule has 0 aliphatic rings. The van der Waals surface area contributed by atoms with E-state index in [9.17, 15) is 13.2 Å². The van der Waals surface area contributed by atoms with Crippen molar-refractivity contribution in [1.29, 1.82) is 0 Å². The summed E-state index contributed by atoms with van der Waals surface area (Å²) >= 11 is 5.89. The van der Waals surface area contributed by atoms with Crippen LogP contribution in [0.4, 0.5) is 0 Å². The van der Waals surface area contributed by atoms with Gasteiger partial charge in [-0.1, -0.05) is 18.0 Å². The molecule has 0 radical (unpaired) electrons. The molecule has 6 nitrogen and oxygen atoms in total. The Balaban J connectivity index is 2.50. The van der Waals surface area contributed by atoms with E-state index >= 15 is 0 Å². The molecular formula is C13H18ClNO5S. The smallest absolute Gasteiger partial charge is 0.303 e. The van der Waals surface area contributed by atoms with Gasteiger partial charge in [0.25, 0.3) is 0 Å².